The van der Waals surface area contributed by atoms with E-state index in [0.29, 0.717) is 34.9 Å². The molecule has 0 saturated carbocycles. The van der Waals surface area contributed by atoms with E-state index in [2.05, 4.69) is 88.4 Å². The summed E-state index contributed by atoms with van der Waals surface area (Å²) in [6.07, 6.45) is -5.07. The van der Waals surface area contributed by atoms with Crippen LogP contribution in [0.3, 0.4) is 0 Å². The highest BCUT2D eigenvalue weighted by atomic mass is 32.1. The zero-order valence-electron chi connectivity index (χ0n) is 47.1. The summed E-state index contributed by atoms with van der Waals surface area (Å²) in [5.74, 6) is -10.1. The van der Waals surface area contributed by atoms with Crippen LogP contribution in [0.5, 0.6) is 0 Å². The van der Waals surface area contributed by atoms with Gasteiger partial charge in [-0.15, -0.1) is 0 Å². The molecule has 2 aromatic carbocycles. The zero-order chi connectivity index (χ0) is 63.4. The lowest BCUT2D eigenvalue weighted by atomic mass is 10.0. The fraction of sp³-hybridized carbons (Fsp3) is 0.528. The van der Waals surface area contributed by atoms with Gasteiger partial charge in [0.15, 0.2) is 5.96 Å². The molecular formula is C53H78F3N15O12S2. The van der Waals surface area contributed by atoms with Gasteiger partial charge in [0.1, 0.15) is 54.9 Å². The van der Waals surface area contributed by atoms with Crippen LogP contribution in [0.2, 0.25) is 0 Å². The summed E-state index contributed by atoms with van der Waals surface area (Å²) >= 11 is 8.36. The van der Waals surface area contributed by atoms with Crippen LogP contribution in [0.1, 0.15) is 70.4 Å². The van der Waals surface area contributed by atoms with Crippen molar-refractivity contribution in [1.82, 2.24) is 58.2 Å². The van der Waals surface area contributed by atoms with E-state index >= 15 is 0 Å². The van der Waals surface area contributed by atoms with Crippen molar-refractivity contribution < 1.29 is 71.3 Å². The van der Waals surface area contributed by atoms with Crippen LogP contribution in [0.15, 0.2) is 65.8 Å². The van der Waals surface area contributed by atoms with Gasteiger partial charge in [-0.05, 0) is 76.1 Å². The molecule has 3 aromatic rings. The summed E-state index contributed by atoms with van der Waals surface area (Å²) in [5.41, 5.74) is 18.3. The third kappa shape index (κ3) is 25.6. The maximum atomic E-state index is 14.7. The van der Waals surface area contributed by atoms with Gasteiger partial charge in [-0.1, -0.05) is 48.5 Å². The van der Waals surface area contributed by atoms with E-state index in [1.54, 1.807) is 60.8 Å². The number of amides is 10. The first-order valence-electron chi connectivity index (χ1n) is 27.1. The number of benzene rings is 2. The minimum Gasteiger partial charge on any atom is -0.391 e. The fourth-order valence-corrected chi connectivity index (χ4v) is 8.84. The number of hydrogen-bond acceptors (Lipinski definition) is 16. The molecule has 470 valence electrons. The standard InChI is InChI=1S/C53H78F3N15O12S2/c1-28(72)42(44(58)76)70-50(82)40(26-85)69-51(83)43(29(2)73)71-46(78)36(17-9-11-19-57)66-48(80)38(22-32-23-61-34-16-8-7-15-33(32)34)68-47(79)37(21-31-13-5-4-6-14-31)67-49(81)39(25-84)65-41(75)24-62-45(77)35(64-30(3)74)18-10-12-20-60-52(59)63-27-53(54,55)56/h4-8,13-16,23,28-29,35-40,42-43,61,72-73,84-85H,9-12,17-22,24-27,57H2,1-3H3,(H2,58,76)(H,62,77)(H,64,74)(H,65,75)(H,66,80)(H,67,81)(H,68,79)(H,69,83)(H,70,82)(H,71,78)(H3,59,60,63)/t28-,29-,35+,36+,37+,38-,39+,40+,42+,43+/m1/s1. The molecule has 1 heterocycles. The van der Waals surface area contributed by atoms with Gasteiger partial charge in [-0.3, -0.25) is 47.9 Å². The highest BCUT2D eigenvalue weighted by molar-refractivity contribution is 7.80. The average Bonchev–Trinajstić information content (AvgIpc) is 3.64. The third-order valence-corrected chi connectivity index (χ3v) is 13.5. The number of aliphatic hydroxyl groups is 2. The first-order valence-corrected chi connectivity index (χ1v) is 28.4. The summed E-state index contributed by atoms with van der Waals surface area (Å²) in [6.45, 7) is 1.69. The van der Waals surface area contributed by atoms with E-state index in [0.717, 1.165) is 0 Å². The van der Waals surface area contributed by atoms with Crippen LogP contribution in [0.25, 0.3) is 10.9 Å². The van der Waals surface area contributed by atoms with E-state index in [-0.39, 0.29) is 63.1 Å². The normalized spacial score (nSPS) is 15.1. The minimum absolute atomic E-state index is 0.0542. The highest BCUT2D eigenvalue weighted by Crippen LogP contribution is 2.20. The summed E-state index contributed by atoms with van der Waals surface area (Å²) < 4.78 is 37.3. The maximum absolute atomic E-state index is 14.7. The lowest BCUT2D eigenvalue weighted by molar-refractivity contribution is -0.137. The van der Waals surface area contributed by atoms with Crippen molar-refractivity contribution >= 4 is 101 Å². The van der Waals surface area contributed by atoms with E-state index in [9.17, 15) is 71.3 Å². The number of carbonyl (C=O) groups is 10. The SMILES string of the molecule is CC(=O)N[C@@H](CCCCNC(N)=NCC(F)(F)F)C(=O)NCC(=O)N[C@@H](CS)C(=O)N[C@@H](Cc1ccccc1)C(=O)N[C@H](Cc1c[nH]c2ccccc12)C(=O)N[C@@H](CCCCN)C(=O)N[C@H](C(=O)N[C@@H](CS)C(=O)N[C@H](C(N)=O)[C@@H](C)O)[C@@H](C)O. The van der Waals surface area contributed by atoms with Crippen molar-refractivity contribution in [2.24, 2.45) is 22.2 Å². The Morgan fingerprint density at radius 2 is 1.11 bits per heavy atom. The molecule has 0 aliphatic carbocycles. The molecule has 10 amide bonds. The second-order valence-electron chi connectivity index (χ2n) is 19.8. The number of fused-ring (bicyclic) bond motifs is 1. The van der Waals surface area contributed by atoms with Crippen LogP contribution in [0.4, 0.5) is 13.2 Å². The van der Waals surface area contributed by atoms with Gasteiger partial charge in [0, 0.05) is 54.9 Å². The molecular weight excluding hydrogens is 1160 g/mol. The molecule has 19 N–H and O–H groups in total. The van der Waals surface area contributed by atoms with E-state index in [1.807, 2.05) is 0 Å². The van der Waals surface area contributed by atoms with Gasteiger partial charge in [0.2, 0.25) is 59.1 Å². The number of rotatable bonds is 36. The van der Waals surface area contributed by atoms with Crippen LogP contribution in [-0.4, -0.2) is 185 Å². The molecule has 0 aliphatic heterocycles. The number of nitrogens with two attached hydrogens (primary N) is 3. The highest BCUT2D eigenvalue weighted by Gasteiger charge is 2.36. The molecule has 0 fully saturated rings. The number of thiol groups is 2. The number of para-hydroxylation sites is 1. The van der Waals surface area contributed by atoms with E-state index < -0.39 is 145 Å². The fourth-order valence-electron chi connectivity index (χ4n) is 8.33. The molecule has 0 unspecified atom stereocenters. The quantitative estimate of drug-likeness (QED) is 0.0118. The van der Waals surface area contributed by atoms with Gasteiger partial charge in [-0.25, -0.2) is 4.99 Å². The number of guanidine groups is 1. The van der Waals surface area contributed by atoms with Crippen molar-refractivity contribution in [3.05, 3.63) is 71.9 Å². The maximum Gasteiger partial charge on any atom is 0.408 e. The molecule has 1 aromatic heterocycles. The number of unbranched alkanes of at least 4 members (excludes halogenated alkanes) is 2. The average molecular weight is 1240 g/mol. The zero-order valence-corrected chi connectivity index (χ0v) is 48.9. The number of halogens is 3. The second-order valence-corrected chi connectivity index (χ2v) is 20.6. The van der Waals surface area contributed by atoms with Gasteiger partial charge in [0.25, 0.3) is 0 Å². The molecule has 10 atom stereocenters. The number of aliphatic imine (C=N–C) groups is 1. The number of alkyl halides is 3. The van der Waals surface area contributed by atoms with Gasteiger partial charge in [-0.2, -0.15) is 38.4 Å². The first-order chi connectivity index (χ1) is 40.2. The molecule has 0 aliphatic rings. The predicted octanol–water partition coefficient (Wildman–Crippen LogP) is -3.16. The van der Waals surface area contributed by atoms with Crippen molar-refractivity contribution in [1.29, 1.82) is 0 Å². The lowest BCUT2D eigenvalue weighted by Crippen LogP contribution is -2.62. The molecule has 32 heteroatoms. The third-order valence-electron chi connectivity index (χ3n) is 12.8. The number of H-pyrrole nitrogens is 1. The Kier molecular flexibility index (Phi) is 30.5. The van der Waals surface area contributed by atoms with Crippen LogP contribution >= 0.6 is 25.3 Å². The van der Waals surface area contributed by atoms with Gasteiger partial charge < -0.3 is 85.6 Å². The van der Waals surface area contributed by atoms with E-state index in [4.69, 9.17) is 17.2 Å². The number of hydrogen-bond donors (Lipinski definition) is 18. The van der Waals surface area contributed by atoms with Crippen LogP contribution in [0, 0.1) is 0 Å². The molecule has 0 saturated heterocycles. The second kappa shape index (κ2) is 36.2. The van der Waals surface area contributed by atoms with Crippen LogP contribution in [-0.2, 0) is 60.8 Å². The smallest absolute Gasteiger partial charge is 0.391 e. The van der Waals surface area contributed by atoms with E-state index in [1.165, 1.54) is 20.8 Å². The Morgan fingerprint density at radius 3 is 1.68 bits per heavy atom. The van der Waals surface area contributed by atoms with Gasteiger partial charge in [0.05, 0.1) is 18.8 Å². The molecule has 0 spiro atoms. The first kappa shape index (κ1) is 71.6. The largest absolute Gasteiger partial charge is 0.408 e. The van der Waals surface area contributed by atoms with Crippen molar-refractivity contribution in [3.8, 4) is 0 Å². The molecule has 0 bridgehead atoms. The van der Waals surface area contributed by atoms with Crippen molar-refractivity contribution in [2.75, 3.05) is 37.7 Å². The molecule has 3 rings (SSSR count). The summed E-state index contributed by atoms with van der Waals surface area (Å²) in [6, 6.07) is 3.87. The summed E-state index contributed by atoms with van der Waals surface area (Å²) in [5, 5.41) is 46.3. The topological polar surface area (TPSA) is 438 Å². The Balaban J connectivity index is 1.86. The lowest BCUT2D eigenvalue weighted by Gasteiger charge is -2.28. The number of aromatic nitrogens is 1. The number of carbonyl (C=O) groups excluding carboxylic acids is 10. The predicted molar refractivity (Wildman–Crippen MR) is 314 cm³/mol. The van der Waals surface area contributed by atoms with Crippen molar-refractivity contribution in [3.63, 3.8) is 0 Å². The minimum atomic E-state index is -4.54. The Morgan fingerprint density at radius 1 is 0.600 bits per heavy atom. The number of aromatic amines is 1. The number of aliphatic hydroxyl groups excluding tert-OH is 2. The Hall–Kier alpha value is -7.68. The van der Waals surface area contributed by atoms with Gasteiger partial charge >= 0.3 is 6.18 Å². The molecule has 85 heavy (non-hydrogen) atoms. The Labute approximate surface area is 499 Å². The number of nitrogens with one attached hydrogen (secondary N) is 11. The number of primary amides is 1. The van der Waals surface area contributed by atoms with Crippen molar-refractivity contribution in [2.45, 2.75) is 139 Å². The molecule has 0 radical (unpaired) electrons. The summed E-state index contributed by atoms with van der Waals surface area (Å²) in [4.78, 5) is 141. The van der Waals surface area contributed by atoms with Crippen LogP contribution < -0.4 is 70.4 Å². The molecule has 27 nitrogen and oxygen atoms in total. The monoisotopic (exact) mass is 1240 g/mol. The Bertz CT molecular complexity index is 2760. The summed E-state index contributed by atoms with van der Waals surface area (Å²) in [7, 11) is 0. The number of nitrogens with zero attached hydrogens (tertiary/aromatic N) is 1.